The molecule has 1 aromatic heterocycles. The van der Waals surface area contributed by atoms with Crippen LogP contribution in [0.2, 0.25) is 5.02 Å². The summed E-state index contributed by atoms with van der Waals surface area (Å²) in [6, 6.07) is 14.6. The number of fused-ring (bicyclic) bond motifs is 1. The average Bonchev–Trinajstić information content (AvgIpc) is 3.26. The molecule has 4 rings (SSSR count). The van der Waals surface area contributed by atoms with Gasteiger partial charge in [0.05, 0.1) is 11.4 Å². The van der Waals surface area contributed by atoms with Crippen molar-refractivity contribution in [3.05, 3.63) is 59.8 Å². The van der Waals surface area contributed by atoms with E-state index in [1.165, 1.54) is 0 Å². The number of imidazole rings is 1. The zero-order valence-corrected chi connectivity index (χ0v) is 17.2. The molecule has 0 aliphatic carbocycles. The molecule has 2 heterocycles. The van der Waals surface area contributed by atoms with Crippen LogP contribution in [-0.2, 0) is 11.3 Å². The summed E-state index contributed by atoms with van der Waals surface area (Å²) in [6.45, 7) is 4.44. The number of hydrogen-bond acceptors (Lipinski definition) is 4. The minimum absolute atomic E-state index is 0.240. The zero-order valence-electron chi connectivity index (χ0n) is 15.6. The maximum absolute atomic E-state index is 12.9. The Balaban J connectivity index is 1.55. The third-order valence-electron chi connectivity index (χ3n) is 4.49. The number of nitrogens with zero attached hydrogens (tertiary/aromatic N) is 2. The first-order valence-electron chi connectivity index (χ1n) is 8.98. The molecular weight excluding hydrogens is 394 g/mol. The van der Waals surface area contributed by atoms with Gasteiger partial charge in [-0.3, -0.25) is 4.79 Å². The van der Waals surface area contributed by atoms with Crippen LogP contribution in [0.4, 0.5) is 5.69 Å². The van der Waals surface area contributed by atoms with Crippen LogP contribution in [0.15, 0.2) is 59.9 Å². The monoisotopic (exact) mass is 413 g/mol. The summed E-state index contributed by atoms with van der Waals surface area (Å²) in [4.78, 5) is 17.6. The topological polar surface area (TPSA) is 56.1 Å². The number of aromatic nitrogens is 2. The van der Waals surface area contributed by atoms with Crippen molar-refractivity contribution in [2.24, 2.45) is 0 Å². The van der Waals surface area contributed by atoms with Gasteiger partial charge in [0.1, 0.15) is 5.75 Å². The van der Waals surface area contributed by atoms with Gasteiger partial charge in [-0.05, 0) is 44.2 Å². The molecule has 0 radical (unpaired) electrons. The fourth-order valence-electron chi connectivity index (χ4n) is 2.97. The smallest absolute Gasteiger partial charge is 0.267 e. The van der Waals surface area contributed by atoms with Crippen molar-refractivity contribution in [3.63, 3.8) is 0 Å². The van der Waals surface area contributed by atoms with Gasteiger partial charge >= 0.3 is 0 Å². The standard InChI is InChI=1S/C21H20ClN3O2S/c1-21(2,27-15-9-7-14(22)8-10-15)19(26)23-17-6-4-3-5-16(17)18-13-25-11-12-28-20(25)24-18/h3-10,13H,11-12H2,1-2H3,(H,23,26). The number of benzene rings is 2. The molecule has 1 amide bonds. The lowest BCUT2D eigenvalue weighted by atomic mass is 10.1. The number of anilines is 1. The second kappa shape index (κ2) is 7.53. The highest BCUT2D eigenvalue weighted by Crippen LogP contribution is 2.33. The number of para-hydroxylation sites is 1. The number of thioether (sulfide) groups is 1. The van der Waals surface area contributed by atoms with Gasteiger partial charge in [-0.1, -0.05) is 41.6 Å². The van der Waals surface area contributed by atoms with Crippen LogP contribution in [0.3, 0.4) is 0 Å². The number of nitrogens with one attached hydrogen (secondary N) is 1. The summed E-state index contributed by atoms with van der Waals surface area (Å²) in [5, 5.41) is 4.63. The van der Waals surface area contributed by atoms with Gasteiger partial charge < -0.3 is 14.6 Å². The second-order valence-electron chi connectivity index (χ2n) is 7.02. The van der Waals surface area contributed by atoms with E-state index in [1.807, 2.05) is 30.5 Å². The van der Waals surface area contributed by atoms with Gasteiger partial charge in [0.15, 0.2) is 10.8 Å². The van der Waals surface area contributed by atoms with E-state index in [2.05, 4.69) is 9.88 Å². The van der Waals surface area contributed by atoms with E-state index in [0.29, 0.717) is 16.5 Å². The number of hydrogen-bond donors (Lipinski definition) is 1. The van der Waals surface area contributed by atoms with E-state index in [9.17, 15) is 4.79 Å². The lowest BCUT2D eigenvalue weighted by Crippen LogP contribution is -2.42. The van der Waals surface area contributed by atoms with Crippen molar-refractivity contribution in [2.45, 2.75) is 31.1 Å². The predicted molar refractivity (Wildman–Crippen MR) is 113 cm³/mol. The molecule has 1 N–H and O–H groups in total. The Kier molecular flexibility index (Phi) is 5.08. The van der Waals surface area contributed by atoms with E-state index in [4.69, 9.17) is 21.3 Å². The maximum Gasteiger partial charge on any atom is 0.267 e. The van der Waals surface area contributed by atoms with Crippen molar-refractivity contribution in [1.82, 2.24) is 9.55 Å². The highest BCUT2D eigenvalue weighted by molar-refractivity contribution is 7.99. The van der Waals surface area contributed by atoms with Gasteiger partial charge in [0.2, 0.25) is 0 Å². The summed E-state index contributed by atoms with van der Waals surface area (Å²) < 4.78 is 8.04. The number of carbonyl (C=O) groups excluding carboxylic acids is 1. The van der Waals surface area contributed by atoms with Gasteiger partial charge in [-0.15, -0.1) is 0 Å². The molecule has 0 saturated carbocycles. The molecule has 2 aromatic carbocycles. The van der Waals surface area contributed by atoms with Crippen LogP contribution < -0.4 is 10.1 Å². The molecule has 3 aromatic rings. The number of carbonyl (C=O) groups is 1. The third kappa shape index (κ3) is 3.88. The fraction of sp³-hybridized carbons (Fsp3) is 0.238. The molecule has 1 aliphatic rings. The van der Waals surface area contributed by atoms with Crippen molar-refractivity contribution < 1.29 is 9.53 Å². The molecule has 0 fully saturated rings. The Labute approximate surface area is 173 Å². The predicted octanol–water partition coefficient (Wildman–Crippen LogP) is 5.11. The largest absolute Gasteiger partial charge is 0.478 e. The van der Waals surface area contributed by atoms with E-state index >= 15 is 0 Å². The van der Waals surface area contributed by atoms with Crippen LogP contribution in [0.5, 0.6) is 5.75 Å². The highest BCUT2D eigenvalue weighted by atomic mass is 35.5. The summed E-state index contributed by atoms with van der Waals surface area (Å²) in [7, 11) is 0. The Bertz CT molecular complexity index is 993. The summed E-state index contributed by atoms with van der Waals surface area (Å²) in [6.07, 6.45) is 2.04. The summed E-state index contributed by atoms with van der Waals surface area (Å²) in [5.41, 5.74) is 1.39. The van der Waals surface area contributed by atoms with Crippen LogP contribution in [0.1, 0.15) is 13.8 Å². The van der Waals surface area contributed by atoms with Crippen molar-refractivity contribution in [3.8, 4) is 17.0 Å². The van der Waals surface area contributed by atoms with E-state index < -0.39 is 5.60 Å². The van der Waals surface area contributed by atoms with E-state index in [-0.39, 0.29) is 5.91 Å². The van der Waals surface area contributed by atoms with Gasteiger partial charge in [0.25, 0.3) is 5.91 Å². The normalized spacial score (nSPS) is 13.2. The Morgan fingerprint density at radius 1 is 1.21 bits per heavy atom. The minimum Gasteiger partial charge on any atom is -0.478 e. The molecule has 5 nitrogen and oxygen atoms in total. The number of ether oxygens (including phenoxy) is 1. The Hall–Kier alpha value is -2.44. The van der Waals surface area contributed by atoms with Crippen LogP contribution in [0.25, 0.3) is 11.3 Å². The molecule has 144 valence electrons. The Morgan fingerprint density at radius 3 is 2.71 bits per heavy atom. The molecule has 1 aliphatic heterocycles. The van der Waals surface area contributed by atoms with E-state index in [0.717, 1.165) is 28.7 Å². The Morgan fingerprint density at radius 2 is 1.96 bits per heavy atom. The lowest BCUT2D eigenvalue weighted by Gasteiger charge is -2.26. The first-order valence-corrected chi connectivity index (χ1v) is 10.3. The quantitative estimate of drug-likeness (QED) is 0.631. The minimum atomic E-state index is -1.06. The molecule has 0 bridgehead atoms. The first-order chi connectivity index (χ1) is 13.4. The maximum atomic E-state index is 12.9. The average molecular weight is 414 g/mol. The molecule has 0 atom stereocenters. The van der Waals surface area contributed by atoms with Crippen LogP contribution >= 0.6 is 23.4 Å². The van der Waals surface area contributed by atoms with Gasteiger partial charge in [-0.2, -0.15) is 0 Å². The van der Waals surface area contributed by atoms with Gasteiger partial charge in [-0.25, -0.2) is 4.98 Å². The molecule has 7 heteroatoms. The number of halogens is 1. The number of rotatable bonds is 5. The number of aryl methyl sites for hydroxylation is 1. The molecular formula is C21H20ClN3O2S. The highest BCUT2D eigenvalue weighted by Gasteiger charge is 2.31. The fourth-order valence-corrected chi connectivity index (χ4v) is 4.04. The SMILES string of the molecule is CC(C)(Oc1ccc(Cl)cc1)C(=O)Nc1ccccc1-c1cn2c(n1)SCC2. The van der Waals surface area contributed by atoms with Gasteiger partial charge in [0, 0.05) is 29.1 Å². The van der Waals surface area contributed by atoms with E-state index in [1.54, 1.807) is 49.9 Å². The first kappa shape index (κ1) is 18.9. The number of amides is 1. The van der Waals surface area contributed by atoms with Crippen molar-refractivity contribution in [2.75, 3.05) is 11.1 Å². The second-order valence-corrected chi connectivity index (χ2v) is 8.52. The third-order valence-corrected chi connectivity index (χ3v) is 5.71. The summed E-state index contributed by atoms with van der Waals surface area (Å²) in [5.74, 6) is 1.40. The van der Waals surface area contributed by atoms with Crippen molar-refractivity contribution in [1.29, 1.82) is 0 Å². The zero-order chi connectivity index (χ0) is 19.7. The van der Waals surface area contributed by atoms with Crippen molar-refractivity contribution >= 4 is 35.0 Å². The summed E-state index contributed by atoms with van der Waals surface area (Å²) >= 11 is 7.66. The molecule has 0 unspecified atom stereocenters. The molecule has 0 saturated heterocycles. The molecule has 28 heavy (non-hydrogen) atoms. The van der Waals surface area contributed by atoms with Crippen LogP contribution in [-0.4, -0.2) is 26.8 Å². The lowest BCUT2D eigenvalue weighted by molar-refractivity contribution is -0.128. The molecule has 0 spiro atoms. The van der Waals surface area contributed by atoms with Crippen LogP contribution in [0, 0.1) is 0 Å².